The summed E-state index contributed by atoms with van der Waals surface area (Å²) < 4.78 is 0. The molecular formula is C23H30N2O3. The van der Waals surface area contributed by atoms with Crippen LogP contribution in [0.15, 0.2) is 24.3 Å². The van der Waals surface area contributed by atoms with Crippen molar-refractivity contribution in [2.75, 3.05) is 19.6 Å². The second-order valence-corrected chi connectivity index (χ2v) is 8.72. The van der Waals surface area contributed by atoms with E-state index in [1.807, 2.05) is 41.0 Å². The first kappa shape index (κ1) is 19.2. The first-order valence-corrected chi connectivity index (χ1v) is 10.7. The van der Waals surface area contributed by atoms with Crippen molar-refractivity contribution in [2.45, 2.75) is 57.9 Å². The van der Waals surface area contributed by atoms with E-state index in [0.29, 0.717) is 44.9 Å². The number of carbonyl (C=O) groups excluding carboxylic acids is 3. The molecule has 28 heavy (non-hydrogen) atoms. The van der Waals surface area contributed by atoms with E-state index in [1.165, 1.54) is 12.8 Å². The molecule has 2 heterocycles. The van der Waals surface area contributed by atoms with Gasteiger partial charge in [0, 0.05) is 43.6 Å². The van der Waals surface area contributed by atoms with Gasteiger partial charge in [-0.1, -0.05) is 42.7 Å². The standard InChI is InChI=1S/C23H30N2O3/c1-16-6-8-17(9-7-16)22(27)18-10-12-24(13-11-18)23(28)19-14-21(26)25(15-19)20-4-2-3-5-20/h6-9,18-20H,2-5,10-15H2,1H3. The van der Waals surface area contributed by atoms with Gasteiger partial charge in [-0.3, -0.25) is 14.4 Å². The van der Waals surface area contributed by atoms with Gasteiger partial charge in [-0.15, -0.1) is 0 Å². The Morgan fingerprint density at radius 2 is 1.57 bits per heavy atom. The van der Waals surface area contributed by atoms with E-state index < -0.39 is 0 Å². The number of benzene rings is 1. The number of hydrogen-bond acceptors (Lipinski definition) is 3. The van der Waals surface area contributed by atoms with Gasteiger partial charge < -0.3 is 9.80 Å². The zero-order valence-electron chi connectivity index (χ0n) is 16.7. The van der Waals surface area contributed by atoms with Gasteiger partial charge in [0.1, 0.15) is 0 Å². The maximum Gasteiger partial charge on any atom is 0.227 e. The average Bonchev–Trinajstić information content (AvgIpc) is 3.37. The summed E-state index contributed by atoms with van der Waals surface area (Å²) in [5.74, 6) is 0.240. The first-order chi connectivity index (χ1) is 13.5. The van der Waals surface area contributed by atoms with Gasteiger partial charge in [-0.25, -0.2) is 0 Å². The Labute approximate surface area is 167 Å². The van der Waals surface area contributed by atoms with E-state index in [9.17, 15) is 14.4 Å². The Bertz CT molecular complexity index is 744. The summed E-state index contributed by atoms with van der Waals surface area (Å²) in [6.07, 6.45) is 6.33. The molecule has 2 saturated heterocycles. The monoisotopic (exact) mass is 382 g/mol. The molecule has 0 radical (unpaired) electrons. The lowest BCUT2D eigenvalue weighted by molar-refractivity contribution is -0.137. The third-order valence-corrected chi connectivity index (χ3v) is 6.79. The highest BCUT2D eigenvalue weighted by atomic mass is 16.2. The molecule has 1 aromatic carbocycles. The molecule has 5 heteroatoms. The molecule has 2 amide bonds. The molecule has 0 N–H and O–H groups in total. The maximum atomic E-state index is 13.0. The van der Waals surface area contributed by atoms with Crippen LogP contribution in [0, 0.1) is 18.8 Å². The van der Waals surface area contributed by atoms with Crippen LogP contribution >= 0.6 is 0 Å². The van der Waals surface area contributed by atoms with Crippen LogP contribution in [0.5, 0.6) is 0 Å². The van der Waals surface area contributed by atoms with Gasteiger partial charge in [-0.2, -0.15) is 0 Å². The third-order valence-electron chi connectivity index (χ3n) is 6.79. The number of Topliss-reactive ketones (excluding diaryl/α,β-unsaturated/α-hetero) is 1. The van der Waals surface area contributed by atoms with E-state index in [2.05, 4.69) is 0 Å². The van der Waals surface area contributed by atoms with E-state index in [1.54, 1.807) is 0 Å². The normalized spacial score (nSPS) is 24.2. The SMILES string of the molecule is Cc1ccc(C(=O)C2CCN(C(=O)C3CC(=O)N(C4CCCC4)C3)CC2)cc1. The summed E-state index contributed by atoms with van der Waals surface area (Å²) in [7, 11) is 0. The van der Waals surface area contributed by atoms with Crippen LogP contribution < -0.4 is 0 Å². The predicted molar refractivity (Wildman–Crippen MR) is 107 cm³/mol. The second kappa shape index (κ2) is 8.06. The molecule has 4 rings (SSSR count). The van der Waals surface area contributed by atoms with Crippen molar-refractivity contribution >= 4 is 17.6 Å². The Morgan fingerprint density at radius 1 is 0.929 bits per heavy atom. The van der Waals surface area contributed by atoms with Gasteiger partial charge >= 0.3 is 0 Å². The minimum absolute atomic E-state index is 0.00745. The number of hydrogen-bond donors (Lipinski definition) is 0. The first-order valence-electron chi connectivity index (χ1n) is 10.7. The molecule has 150 valence electrons. The Morgan fingerprint density at radius 3 is 2.21 bits per heavy atom. The smallest absolute Gasteiger partial charge is 0.227 e. The molecule has 2 aliphatic heterocycles. The highest BCUT2D eigenvalue weighted by Gasteiger charge is 2.41. The summed E-state index contributed by atoms with van der Waals surface area (Å²) in [5.41, 5.74) is 1.92. The lowest BCUT2D eigenvalue weighted by atomic mass is 9.88. The number of likely N-dealkylation sites (tertiary alicyclic amines) is 2. The van der Waals surface area contributed by atoms with Crippen molar-refractivity contribution in [1.82, 2.24) is 9.80 Å². The van der Waals surface area contributed by atoms with Gasteiger partial charge in [0.15, 0.2) is 5.78 Å². The molecule has 0 bridgehead atoms. The summed E-state index contributed by atoms with van der Waals surface area (Å²) in [6.45, 7) is 3.84. The molecule has 5 nitrogen and oxygen atoms in total. The fourth-order valence-corrected chi connectivity index (χ4v) is 5.04. The maximum absolute atomic E-state index is 13.0. The van der Waals surface area contributed by atoms with E-state index in [4.69, 9.17) is 0 Å². The fraction of sp³-hybridized carbons (Fsp3) is 0.609. The predicted octanol–water partition coefficient (Wildman–Crippen LogP) is 3.21. The van der Waals surface area contributed by atoms with Gasteiger partial charge in [0.05, 0.1) is 5.92 Å². The number of rotatable bonds is 4. The summed E-state index contributed by atoms with van der Waals surface area (Å²) in [4.78, 5) is 41.9. The molecule has 3 aliphatic rings. The number of aryl methyl sites for hydroxylation is 1. The quantitative estimate of drug-likeness (QED) is 0.752. The van der Waals surface area contributed by atoms with E-state index >= 15 is 0 Å². The number of piperidine rings is 1. The summed E-state index contributed by atoms with van der Waals surface area (Å²) >= 11 is 0. The molecule has 1 unspecified atom stereocenters. The van der Waals surface area contributed by atoms with Crippen LogP contribution in [0.4, 0.5) is 0 Å². The van der Waals surface area contributed by atoms with Gasteiger partial charge in [0.25, 0.3) is 0 Å². The molecule has 0 spiro atoms. The molecule has 1 saturated carbocycles. The van der Waals surface area contributed by atoms with Crippen molar-refractivity contribution in [2.24, 2.45) is 11.8 Å². The van der Waals surface area contributed by atoms with Crippen LogP contribution in [-0.2, 0) is 9.59 Å². The number of ketones is 1. The molecule has 1 atom stereocenters. The van der Waals surface area contributed by atoms with Crippen LogP contribution in [0.3, 0.4) is 0 Å². The van der Waals surface area contributed by atoms with Crippen LogP contribution in [0.25, 0.3) is 0 Å². The highest BCUT2D eigenvalue weighted by Crippen LogP contribution is 2.31. The Hall–Kier alpha value is -2.17. The minimum Gasteiger partial charge on any atom is -0.342 e. The molecule has 3 fully saturated rings. The lowest BCUT2D eigenvalue weighted by Gasteiger charge is -2.33. The van der Waals surface area contributed by atoms with Crippen LogP contribution in [-0.4, -0.2) is 53.1 Å². The molecule has 1 aromatic rings. The largest absolute Gasteiger partial charge is 0.342 e. The average molecular weight is 383 g/mol. The van der Waals surface area contributed by atoms with Crippen molar-refractivity contribution in [3.63, 3.8) is 0 Å². The summed E-state index contributed by atoms with van der Waals surface area (Å²) in [5, 5.41) is 0. The van der Waals surface area contributed by atoms with Crippen molar-refractivity contribution in [3.05, 3.63) is 35.4 Å². The van der Waals surface area contributed by atoms with Gasteiger partial charge in [-0.05, 0) is 32.6 Å². The topological polar surface area (TPSA) is 57.7 Å². The van der Waals surface area contributed by atoms with Crippen molar-refractivity contribution in [1.29, 1.82) is 0 Å². The zero-order chi connectivity index (χ0) is 19.7. The molecule has 0 aromatic heterocycles. The molecular weight excluding hydrogens is 352 g/mol. The van der Waals surface area contributed by atoms with Crippen molar-refractivity contribution in [3.8, 4) is 0 Å². The second-order valence-electron chi connectivity index (χ2n) is 8.72. The fourth-order valence-electron chi connectivity index (χ4n) is 5.04. The Balaban J connectivity index is 1.31. The van der Waals surface area contributed by atoms with E-state index in [0.717, 1.165) is 24.0 Å². The van der Waals surface area contributed by atoms with Gasteiger partial charge in [0.2, 0.25) is 11.8 Å². The highest BCUT2D eigenvalue weighted by molar-refractivity contribution is 5.98. The van der Waals surface area contributed by atoms with E-state index in [-0.39, 0.29) is 29.4 Å². The lowest BCUT2D eigenvalue weighted by Crippen LogP contribution is -2.44. The summed E-state index contributed by atoms with van der Waals surface area (Å²) in [6, 6.07) is 8.09. The zero-order valence-corrected chi connectivity index (χ0v) is 16.7. The number of amides is 2. The number of carbonyl (C=O) groups is 3. The van der Waals surface area contributed by atoms with Crippen molar-refractivity contribution < 1.29 is 14.4 Å². The van der Waals surface area contributed by atoms with Crippen LogP contribution in [0.1, 0.15) is 60.9 Å². The Kier molecular flexibility index (Phi) is 5.51. The third kappa shape index (κ3) is 3.85. The number of nitrogens with zero attached hydrogens (tertiary/aromatic N) is 2. The van der Waals surface area contributed by atoms with Crippen LogP contribution in [0.2, 0.25) is 0 Å². The molecule has 1 aliphatic carbocycles. The minimum atomic E-state index is -0.197.